The Balaban J connectivity index is 3.14. The van der Waals surface area contributed by atoms with Crippen LogP contribution in [0.2, 0.25) is 5.02 Å². The average Bonchev–Trinajstić information content (AvgIpc) is 1.86. The van der Waals surface area contributed by atoms with E-state index in [9.17, 15) is 5.11 Å². The monoisotopic (exact) mass is 171 g/mol. The van der Waals surface area contributed by atoms with Crippen LogP contribution in [-0.4, -0.2) is 10.1 Å². The molecular weight excluding hydrogens is 162 g/mol. The van der Waals surface area contributed by atoms with Crippen molar-refractivity contribution < 1.29 is 5.11 Å². The second-order valence-electron chi connectivity index (χ2n) is 2.91. The van der Waals surface area contributed by atoms with Gasteiger partial charge < -0.3 is 5.11 Å². The Hall–Kier alpha value is -0.600. The van der Waals surface area contributed by atoms with Crippen LogP contribution < -0.4 is 0 Å². The van der Waals surface area contributed by atoms with E-state index in [0.29, 0.717) is 10.6 Å². The lowest BCUT2D eigenvalue weighted by Gasteiger charge is -2.17. The number of aliphatic hydroxyl groups is 1. The van der Waals surface area contributed by atoms with Crippen molar-refractivity contribution in [3.63, 3.8) is 0 Å². The van der Waals surface area contributed by atoms with E-state index in [1.165, 1.54) is 0 Å². The third kappa shape index (κ3) is 1.91. The third-order valence-electron chi connectivity index (χ3n) is 1.43. The van der Waals surface area contributed by atoms with Crippen LogP contribution in [0.5, 0.6) is 0 Å². The van der Waals surface area contributed by atoms with E-state index in [0.717, 1.165) is 0 Å². The van der Waals surface area contributed by atoms with Crippen LogP contribution in [0.1, 0.15) is 19.4 Å². The van der Waals surface area contributed by atoms with Crippen molar-refractivity contribution >= 4 is 11.6 Å². The van der Waals surface area contributed by atoms with Crippen LogP contribution in [0.4, 0.5) is 0 Å². The van der Waals surface area contributed by atoms with Crippen LogP contribution in [0, 0.1) is 0 Å². The topological polar surface area (TPSA) is 33.1 Å². The molecule has 0 aliphatic carbocycles. The van der Waals surface area contributed by atoms with Crippen molar-refractivity contribution in [1.82, 2.24) is 4.98 Å². The molecule has 0 spiro atoms. The molecule has 0 atom stereocenters. The zero-order valence-corrected chi connectivity index (χ0v) is 7.26. The zero-order chi connectivity index (χ0) is 8.48. The van der Waals surface area contributed by atoms with E-state index in [-0.39, 0.29) is 0 Å². The Labute approximate surface area is 70.8 Å². The Bertz CT molecular complexity index is 255. The summed E-state index contributed by atoms with van der Waals surface area (Å²) in [5.41, 5.74) is -0.257. The lowest BCUT2D eigenvalue weighted by Crippen LogP contribution is -2.16. The molecule has 0 saturated carbocycles. The fraction of sp³-hybridized carbons (Fsp3) is 0.375. The molecule has 11 heavy (non-hydrogen) atoms. The number of hydrogen-bond acceptors (Lipinski definition) is 2. The molecule has 0 amide bonds. The normalized spacial score (nSPS) is 11.6. The minimum Gasteiger partial charge on any atom is -0.386 e. The van der Waals surface area contributed by atoms with Gasteiger partial charge in [-0.2, -0.15) is 0 Å². The molecule has 0 unspecified atom stereocenters. The average molecular weight is 172 g/mol. The number of hydrogen-bond donors (Lipinski definition) is 1. The molecule has 0 aromatic carbocycles. The van der Waals surface area contributed by atoms with Gasteiger partial charge in [0.1, 0.15) is 0 Å². The smallest absolute Gasteiger partial charge is 0.0869 e. The SMILES string of the molecule is CC(C)(O)c1cnccc1Cl. The van der Waals surface area contributed by atoms with E-state index < -0.39 is 5.60 Å². The summed E-state index contributed by atoms with van der Waals surface area (Å²) in [6.07, 6.45) is 3.17. The number of aromatic nitrogens is 1. The number of nitrogens with zero attached hydrogens (tertiary/aromatic N) is 1. The van der Waals surface area contributed by atoms with Gasteiger partial charge in [0.05, 0.1) is 5.60 Å². The number of pyridine rings is 1. The second kappa shape index (κ2) is 2.80. The summed E-state index contributed by atoms with van der Waals surface area (Å²) in [4.78, 5) is 3.87. The Morgan fingerprint density at radius 3 is 2.55 bits per heavy atom. The summed E-state index contributed by atoms with van der Waals surface area (Å²) in [5, 5.41) is 10.1. The van der Waals surface area contributed by atoms with Crippen LogP contribution in [0.25, 0.3) is 0 Å². The maximum atomic E-state index is 9.55. The van der Waals surface area contributed by atoms with Crippen molar-refractivity contribution in [1.29, 1.82) is 0 Å². The Kier molecular flexibility index (Phi) is 2.16. The van der Waals surface area contributed by atoms with Gasteiger partial charge in [-0.3, -0.25) is 4.98 Å². The van der Waals surface area contributed by atoms with Crippen molar-refractivity contribution in [3.8, 4) is 0 Å². The minimum atomic E-state index is -0.911. The first-order valence-electron chi connectivity index (χ1n) is 3.34. The van der Waals surface area contributed by atoms with Gasteiger partial charge in [0, 0.05) is 23.0 Å². The van der Waals surface area contributed by atoms with Gasteiger partial charge in [0.25, 0.3) is 0 Å². The largest absolute Gasteiger partial charge is 0.386 e. The molecule has 0 bridgehead atoms. The summed E-state index contributed by atoms with van der Waals surface area (Å²) in [6.45, 7) is 3.35. The van der Waals surface area contributed by atoms with Gasteiger partial charge >= 0.3 is 0 Å². The highest BCUT2D eigenvalue weighted by atomic mass is 35.5. The number of rotatable bonds is 1. The highest BCUT2D eigenvalue weighted by Crippen LogP contribution is 2.25. The second-order valence-corrected chi connectivity index (χ2v) is 3.32. The molecule has 1 aromatic rings. The Morgan fingerprint density at radius 1 is 1.55 bits per heavy atom. The van der Waals surface area contributed by atoms with E-state index >= 15 is 0 Å². The van der Waals surface area contributed by atoms with E-state index in [4.69, 9.17) is 11.6 Å². The highest BCUT2D eigenvalue weighted by molar-refractivity contribution is 6.31. The van der Waals surface area contributed by atoms with E-state index in [2.05, 4.69) is 4.98 Å². The van der Waals surface area contributed by atoms with Gasteiger partial charge in [-0.15, -0.1) is 0 Å². The number of halogens is 1. The predicted molar refractivity (Wildman–Crippen MR) is 44.5 cm³/mol. The van der Waals surface area contributed by atoms with E-state index in [1.54, 1.807) is 32.3 Å². The maximum absolute atomic E-state index is 9.55. The molecule has 0 aliphatic heterocycles. The maximum Gasteiger partial charge on any atom is 0.0869 e. The zero-order valence-electron chi connectivity index (χ0n) is 6.50. The van der Waals surface area contributed by atoms with Crippen molar-refractivity contribution in [2.24, 2.45) is 0 Å². The molecule has 0 aliphatic rings. The predicted octanol–water partition coefficient (Wildman–Crippen LogP) is 1.96. The molecule has 1 rings (SSSR count). The summed E-state index contributed by atoms with van der Waals surface area (Å²) in [7, 11) is 0. The summed E-state index contributed by atoms with van der Waals surface area (Å²) >= 11 is 5.81. The Morgan fingerprint density at radius 2 is 2.18 bits per heavy atom. The molecule has 0 saturated heterocycles. The van der Waals surface area contributed by atoms with Crippen LogP contribution in [-0.2, 0) is 5.60 Å². The van der Waals surface area contributed by atoms with Crippen molar-refractivity contribution in [2.45, 2.75) is 19.4 Å². The first-order valence-corrected chi connectivity index (χ1v) is 3.72. The molecule has 1 heterocycles. The standard InChI is InChI=1S/C8H10ClNO/c1-8(2,11)6-5-10-4-3-7(6)9/h3-5,11H,1-2H3. The summed E-state index contributed by atoms with van der Waals surface area (Å²) in [5.74, 6) is 0. The summed E-state index contributed by atoms with van der Waals surface area (Å²) < 4.78 is 0. The molecular formula is C8H10ClNO. The highest BCUT2D eigenvalue weighted by Gasteiger charge is 2.18. The van der Waals surface area contributed by atoms with Gasteiger partial charge in [-0.25, -0.2) is 0 Å². The van der Waals surface area contributed by atoms with Crippen LogP contribution >= 0.6 is 11.6 Å². The molecule has 60 valence electrons. The van der Waals surface area contributed by atoms with Crippen LogP contribution in [0.15, 0.2) is 18.5 Å². The van der Waals surface area contributed by atoms with Gasteiger partial charge in [0.15, 0.2) is 0 Å². The van der Waals surface area contributed by atoms with Crippen molar-refractivity contribution in [3.05, 3.63) is 29.0 Å². The van der Waals surface area contributed by atoms with Crippen molar-refractivity contribution in [2.75, 3.05) is 0 Å². The van der Waals surface area contributed by atoms with Gasteiger partial charge in [-0.05, 0) is 19.9 Å². The third-order valence-corrected chi connectivity index (χ3v) is 1.76. The fourth-order valence-corrected chi connectivity index (χ4v) is 1.16. The quantitative estimate of drug-likeness (QED) is 0.701. The fourth-order valence-electron chi connectivity index (χ4n) is 0.828. The molecule has 1 N–H and O–H groups in total. The first kappa shape index (κ1) is 8.50. The lowest BCUT2D eigenvalue weighted by atomic mass is 10.0. The summed E-state index contributed by atoms with van der Waals surface area (Å²) in [6, 6.07) is 1.66. The van der Waals surface area contributed by atoms with Crippen LogP contribution in [0.3, 0.4) is 0 Å². The molecule has 2 nitrogen and oxygen atoms in total. The van der Waals surface area contributed by atoms with Gasteiger partial charge in [-0.1, -0.05) is 11.6 Å². The minimum absolute atomic E-state index is 0.549. The van der Waals surface area contributed by atoms with Gasteiger partial charge in [0.2, 0.25) is 0 Å². The molecule has 0 fully saturated rings. The first-order chi connectivity index (χ1) is 5.02. The lowest BCUT2D eigenvalue weighted by molar-refractivity contribution is 0.0783. The molecule has 3 heteroatoms. The molecule has 0 radical (unpaired) electrons. The van der Waals surface area contributed by atoms with E-state index in [1.807, 2.05) is 0 Å². The molecule has 1 aromatic heterocycles.